The van der Waals surface area contributed by atoms with E-state index in [0.717, 1.165) is 23.7 Å². The van der Waals surface area contributed by atoms with Gasteiger partial charge in [-0.1, -0.05) is 63.1 Å². The summed E-state index contributed by atoms with van der Waals surface area (Å²) in [7, 11) is 3.71. The average molecular weight is 469 g/mol. The van der Waals surface area contributed by atoms with E-state index in [1.165, 1.54) is 64.2 Å². The van der Waals surface area contributed by atoms with Gasteiger partial charge in [-0.3, -0.25) is 0 Å². The summed E-state index contributed by atoms with van der Waals surface area (Å²) in [4.78, 5) is 0. The summed E-state index contributed by atoms with van der Waals surface area (Å²) in [5.74, 6) is 3.85. The van der Waals surface area contributed by atoms with E-state index in [4.69, 9.17) is 9.47 Å². The maximum atomic E-state index is 5.98. The maximum absolute atomic E-state index is 5.98. The van der Waals surface area contributed by atoms with Crippen LogP contribution in [-0.4, -0.2) is 26.4 Å². The van der Waals surface area contributed by atoms with E-state index in [2.05, 4.69) is 58.9 Å². The molecule has 4 saturated carbocycles. The second kappa shape index (κ2) is 10.6. The van der Waals surface area contributed by atoms with Gasteiger partial charge in [-0.2, -0.15) is 0 Å². The first kappa shape index (κ1) is 26.2. The van der Waals surface area contributed by atoms with Crippen molar-refractivity contribution in [2.45, 2.75) is 111 Å². The standard InChI is InChI=1S/C32H52O2/c1-22-19-23(2)21-26(20-22)11-12-27-9-8-16-31(5)28(13-14-29(27)31)24(3)10-15-30(34-7)32(17-18-32)25(4)33-6/h10-12,15,22-25,28-30H,8-9,13-14,16-21H2,1-7H3/b15-10+,26-11?,27-12+. The Kier molecular flexibility index (Phi) is 8.20. The summed E-state index contributed by atoms with van der Waals surface area (Å²) in [6.07, 6.45) is 23.7. The van der Waals surface area contributed by atoms with Crippen LogP contribution in [0.3, 0.4) is 0 Å². The number of rotatable bonds is 8. The zero-order valence-corrected chi connectivity index (χ0v) is 23.2. The van der Waals surface area contributed by atoms with Gasteiger partial charge in [-0.15, -0.1) is 0 Å². The van der Waals surface area contributed by atoms with Crippen LogP contribution < -0.4 is 0 Å². The Morgan fingerprint density at radius 2 is 1.62 bits per heavy atom. The van der Waals surface area contributed by atoms with Crippen molar-refractivity contribution in [3.05, 3.63) is 35.5 Å². The summed E-state index contributed by atoms with van der Waals surface area (Å²) in [5, 5.41) is 0. The van der Waals surface area contributed by atoms with E-state index in [1.807, 2.05) is 14.2 Å². The molecule has 8 unspecified atom stereocenters. The van der Waals surface area contributed by atoms with Gasteiger partial charge in [-0.05, 0) is 106 Å². The monoisotopic (exact) mass is 468 g/mol. The molecule has 0 aromatic heterocycles. The first-order valence-corrected chi connectivity index (χ1v) is 14.4. The van der Waals surface area contributed by atoms with E-state index < -0.39 is 0 Å². The largest absolute Gasteiger partial charge is 0.381 e. The summed E-state index contributed by atoms with van der Waals surface area (Å²) in [6, 6.07) is 0. The van der Waals surface area contributed by atoms with Gasteiger partial charge in [0.15, 0.2) is 0 Å². The van der Waals surface area contributed by atoms with Crippen molar-refractivity contribution in [2.75, 3.05) is 14.2 Å². The second-order valence-corrected chi connectivity index (χ2v) is 13.0. The number of methoxy groups -OCH3 is 2. The smallest absolute Gasteiger partial charge is 0.0833 e. The van der Waals surface area contributed by atoms with Crippen LogP contribution in [0.4, 0.5) is 0 Å². The van der Waals surface area contributed by atoms with Crippen LogP contribution in [0.5, 0.6) is 0 Å². The van der Waals surface area contributed by atoms with Crippen molar-refractivity contribution >= 4 is 0 Å². The fourth-order valence-electron chi connectivity index (χ4n) is 8.55. The Morgan fingerprint density at radius 1 is 0.912 bits per heavy atom. The molecular formula is C32H52O2. The minimum atomic E-state index is 0.170. The first-order valence-electron chi connectivity index (χ1n) is 14.4. The molecule has 0 radical (unpaired) electrons. The molecule has 8 atom stereocenters. The third kappa shape index (κ3) is 5.15. The normalized spacial score (nSPS) is 39.1. The van der Waals surface area contributed by atoms with Crippen LogP contribution in [0.1, 0.15) is 98.8 Å². The molecule has 0 heterocycles. The van der Waals surface area contributed by atoms with Gasteiger partial charge in [0.2, 0.25) is 0 Å². The molecule has 0 N–H and O–H groups in total. The molecular weight excluding hydrogens is 416 g/mol. The van der Waals surface area contributed by atoms with Gasteiger partial charge in [0.1, 0.15) is 0 Å². The molecule has 4 fully saturated rings. The van der Waals surface area contributed by atoms with Crippen LogP contribution in [0, 0.1) is 40.4 Å². The Balaban J connectivity index is 1.45. The zero-order chi connectivity index (χ0) is 24.5. The zero-order valence-electron chi connectivity index (χ0n) is 23.2. The lowest BCUT2D eigenvalue weighted by Gasteiger charge is -2.44. The van der Waals surface area contributed by atoms with E-state index in [-0.39, 0.29) is 17.6 Å². The second-order valence-electron chi connectivity index (χ2n) is 13.0. The summed E-state index contributed by atoms with van der Waals surface area (Å²) in [6.45, 7) is 12.2. The Labute approximate surface area is 210 Å². The molecule has 0 amide bonds. The van der Waals surface area contributed by atoms with Crippen molar-refractivity contribution < 1.29 is 9.47 Å². The number of ether oxygens (including phenoxy) is 2. The Morgan fingerprint density at radius 3 is 2.24 bits per heavy atom. The topological polar surface area (TPSA) is 18.5 Å². The molecule has 0 aromatic rings. The minimum absolute atomic E-state index is 0.170. The molecule has 0 aromatic carbocycles. The molecule has 2 nitrogen and oxygen atoms in total. The number of fused-ring (bicyclic) bond motifs is 1. The van der Waals surface area contributed by atoms with Gasteiger partial charge in [-0.25, -0.2) is 0 Å². The maximum Gasteiger partial charge on any atom is 0.0833 e. The van der Waals surface area contributed by atoms with E-state index in [0.29, 0.717) is 11.3 Å². The van der Waals surface area contributed by atoms with Crippen LogP contribution in [0.2, 0.25) is 0 Å². The third-order valence-corrected chi connectivity index (χ3v) is 10.6. The van der Waals surface area contributed by atoms with Crippen LogP contribution >= 0.6 is 0 Å². The average Bonchev–Trinajstić information content (AvgIpc) is 3.52. The molecule has 4 aliphatic rings. The predicted octanol–water partition coefficient (Wildman–Crippen LogP) is 8.53. The summed E-state index contributed by atoms with van der Waals surface area (Å²) >= 11 is 0. The molecule has 34 heavy (non-hydrogen) atoms. The number of allylic oxidation sites excluding steroid dienone is 5. The van der Waals surface area contributed by atoms with Crippen molar-refractivity contribution in [3.63, 3.8) is 0 Å². The Bertz CT molecular complexity index is 775. The lowest BCUT2D eigenvalue weighted by Crippen LogP contribution is -2.36. The predicted molar refractivity (Wildman–Crippen MR) is 144 cm³/mol. The van der Waals surface area contributed by atoms with Crippen molar-refractivity contribution in [1.82, 2.24) is 0 Å². The first-order chi connectivity index (χ1) is 16.2. The minimum Gasteiger partial charge on any atom is -0.381 e. The molecule has 0 bridgehead atoms. The highest BCUT2D eigenvalue weighted by molar-refractivity contribution is 5.26. The van der Waals surface area contributed by atoms with Crippen LogP contribution in [0.15, 0.2) is 35.5 Å². The molecule has 4 aliphatic carbocycles. The highest BCUT2D eigenvalue weighted by Gasteiger charge is 2.54. The van der Waals surface area contributed by atoms with E-state index >= 15 is 0 Å². The highest BCUT2D eigenvalue weighted by atomic mass is 16.5. The van der Waals surface area contributed by atoms with Gasteiger partial charge >= 0.3 is 0 Å². The van der Waals surface area contributed by atoms with Gasteiger partial charge in [0.25, 0.3) is 0 Å². The van der Waals surface area contributed by atoms with Crippen molar-refractivity contribution in [1.29, 1.82) is 0 Å². The fraction of sp³-hybridized carbons (Fsp3) is 0.812. The third-order valence-electron chi connectivity index (χ3n) is 10.6. The van der Waals surface area contributed by atoms with Gasteiger partial charge < -0.3 is 9.47 Å². The van der Waals surface area contributed by atoms with Crippen molar-refractivity contribution in [3.8, 4) is 0 Å². The molecule has 2 heteroatoms. The lowest BCUT2D eigenvalue weighted by atomic mass is 9.61. The quantitative estimate of drug-likeness (QED) is 0.332. The highest BCUT2D eigenvalue weighted by Crippen LogP contribution is 2.60. The lowest BCUT2D eigenvalue weighted by molar-refractivity contribution is -0.0198. The van der Waals surface area contributed by atoms with E-state index in [9.17, 15) is 0 Å². The number of hydrogen-bond donors (Lipinski definition) is 0. The molecule has 0 saturated heterocycles. The SMILES string of the molecule is COC(C)C1(C(/C=C/C(C)C2CCC3/C(=C/C=C4CC(C)CC(C)C4)CCCC32C)OC)CC1. The van der Waals surface area contributed by atoms with Gasteiger partial charge in [0.05, 0.1) is 12.2 Å². The molecule has 4 rings (SSSR count). The van der Waals surface area contributed by atoms with Gasteiger partial charge in [0, 0.05) is 19.6 Å². The summed E-state index contributed by atoms with van der Waals surface area (Å²) < 4.78 is 11.7. The fourth-order valence-corrected chi connectivity index (χ4v) is 8.55. The van der Waals surface area contributed by atoms with Crippen LogP contribution in [-0.2, 0) is 9.47 Å². The number of hydrogen-bond acceptors (Lipinski definition) is 2. The molecule has 0 spiro atoms. The van der Waals surface area contributed by atoms with Crippen molar-refractivity contribution in [2.24, 2.45) is 40.4 Å². The van der Waals surface area contributed by atoms with E-state index in [1.54, 1.807) is 11.1 Å². The Hall–Kier alpha value is -0.860. The molecule has 192 valence electrons. The summed E-state index contributed by atoms with van der Waals surface area (Å²) in [5.41, 5.74) is 4.08. The molecule has 0 aliphatic heterocycles. The van der Waals surface area contributed by atoms with Crippen LogP contribution in [0.25, 0.3) is 0 Å².